The third-order valence-electron chi connectivity index (χ3n) is 25.1. The summed E-state index contributed by atoms with van der Waals surface area (Å²) in [5.74, 6) is 7.06. The van der Waals surface area contributed by atoms with E-state index < -0.39 is 0 Å². The summed E-state index contributed by atoms with van der Waals surface area (Å²) < 4.78 is 0. The molecule has 0 radical (unpaired) electrons. The molecule has 15 nitrogen and oxygen atoms in total. The first-order valence-corrected chi connectivity index (χ1v) is 44.1. The molecule has 0 atom stereocenters. The highest BCUT2D eigenvalue weighted by molar-refractivity contribution is 6.24. The molecule has 0 unspecified atom stereocenters. The Bertz CT molecular complexity index is 8030. The average molecular weight is 1680 g/mol. The van der Waals surface area contributed by atoms with Gasteiger partial charge in [0.15, 0.2) is 34.9 Å². The van der Waals surface area contributed by atoms with Crippen LogP contribution in [0.4, 0.5) is 17.1 Å². The van der Waals surface area contributed by atoms with E-state index in [0.29, 0.717) is 34.9 Å². The molecule has 0 aliphatic carbocycles. The van der Waals surface area contributed by atoms with Crippen molar-refractivity contribution in [3.63, 3.8) is 0 Å². The summed E-state index contributed by atoms with van der Waals surface area (Å²) in [4.78, 5) is 58.4. The van der Waals surface area contributed by atoms with Crippen molar-refractivity contribution in [2.24, 2.45) is 0 Å². The van der Waals surface area contributed by atoms with Crippen LogP contribution < -0.4 is 14.7 Å². The van der Waals surface area contributed by atoms with Crippen LogP contribution in [0.1, 0.15) is 34.2 Å². The molecule has 6 aliphatic heterocycles. The number of para-hydroxylation sites is 3. The van der Waals surface area contributed by atoms with E-state index >= 15 is 0 Å². The van der Waals surface area contributed by atoms with Gasteiger partial charge in [-0.2, -0.15) is 0 Å². The largest absolute Gasteiger partial charge is 0.321 e. The van der Waals surface area contributed by atoms with E-state index in [1.54, 1.807) is 19.0 Å². The minimum atomic E-state index is 0.619. The van der Waals surface area contributed by atoms with Crippen LogP contribution in [0.25, 0.3) is 155 Å². The summed E-state index contributed by atoms with van der Waals surface area (Å²) in [6.07, 6.45) is 24.3. The molecule has 131 heavy (non-hydrogen) atoms. The van der Waals surface area contributed by atoms with Crippen molar-refractivity contribution in [1.29, 1.82) is 0 Å². The monoisotopic (exact) mass is 1680 g/mol. The second-order valence-electron chi connectivity index (χ2n) is 32.7. The molecular weight excluding hydrogens is 1600 g/mol. The zero-order valence-corrected chi connectivity index (χ0v) is 71.0. The van der Waals surface area contributed by atoms with E-state index in [-0.39, 0.29) is 0 Å². The van der Waals surface area contributed by atoms with Crippen molar-refractivity contribution in [3.8, 4) is 45.3 Å². The summed E-state index contributed by atoms with van der Waals surface area (Å²) in [6.45, 7) is 2.27. The van der Waals surface area contributed by atoms with Gasteiger partial charge in [-0.1, -0.05) is 352 Å². The van der Waals surface area contributed by atoms with E-state index in [1.807, 2.05) is 30.3 Å². The molecule has 15 heteroatoms. The zero-order chi connectivity index (χ0) is 86.7. The quantitative estimate of drug-likeness (QED) is 0.0799. The Kier molecular flexibility index (Phi) is 19.4. The third-order valence-corrected chi connectivity index (χ3v) is 25.1. The molecule has 6 aliphatic rings. The zero-order valence-electron chi connectivity index (χ0n) is 71.0. The van der Waals surface area contributed by atoms with Crippen LogP contribution in [-0.2, 0) is 0 Å². The fraction of sp³-hybridized carbons (Fsp3) is 0.0259. The second kappa shape index (κ2) is 33.0. The molecule has 0 spiro atoms. The molecule has 3 aromatic heterocycles. The van der Waals surface area contributed by atoms with Gasteiger partial charge < -0.3 is 14.7 Å². The van der Waals surface area contributed by atoms with Gasteiger partial charge >= 0.3 is 0 Å². The molecule has 17 aromatic carbocycles. The molecule has 20 aromatic rings. The third kappa shape index (κ3) is 13.6. The molecule has 618 valence electrons. The van der Waals surface area contributed by atoms with Crippen LogP contribution in [0.5, 0.6) is 0 Å². The number of fused-ring (bicyclic) bond motifs is 7. The van der Waals surface area contributed by atoms with Gasteiger partial charge in [-0.25, -0.2) is 44.9 Å². The lowest BCUT2D eigenvalue weighted by Gasteiger charge is -2.28. The summed E-state index contributed by atoms with van der Waals surface area (Å²) in [5, 5.41) is 16.6. The fourth-order valence-electron chi connectivity index (χ4n) is 19.6. The van der Waals surface area contributed by atoms with Crippen LogP contribution in [0, 0.1) is 0 Å². The van der Waals surface area contributed by atoms with Crippen LogP contribution in [-0.4, -0.2) is 79.2 Å². The Hall–Kier alpha value is -17.7. The van der Waals surface area contributed by atoms with Gasteiger partial charge in [0.1, 0.15) is 53.5 Å². The molecule has 0 fully saturated rings. The Morgan fingerprint density at radius 2 is 0.481 bits per heavy atom. The smallest absolute Gasteiger partial charge is 0.182 e. The number of allylic oxidation sites excluding steroid dienone is 6. The molecule has 0 amide bonds. The maximum absolute atomic E-state index is 5.34. The second-order valence-corrected chi connectivity index (χ2v) is 32.7. The van der Waals surface area contributed by atoms with Gasteiger partial charge in [-0.05, 0) is 159 Å². The van der Waals surface area contributed by atoms with Gasteiger partial charge in [-0.3, -0.25) is 14.7 Å². The van der Waals surface area contributed by atoms with Crippen molar-refractivity contribution in [3.05, 3.63) is 495 Å². The first kappa shape index (κ1) is 76.9. The Morgan fingerprint density at radius 1 is 0.198 bits per heavy atom. The fourth-order valence-corrected chi connectivity index (χ4v) is 19.6. The Balaban J connectivity index is 0.000000109. The number of aromatic nitrogens is 9. The highest BCUT2D eigenvalue weighted by Crippen LogP contribution is 2.52. The lowest BCUT2D eigenvalue weighted by atomic mass is 9.88. The summed E-state index contributed by atoms with van der Waals surface area (Å²) >= 11 is 0. The number of nitrogens with zero attached hydrogens (tertiary/aromatic N) is 15. The molecule has 0 N–H and O–H groups in total. The van der Waals surface area contributed by atoms with E-state index in [0.717, 1.165) is 154 Å². The van der Waals surface area contributed by atoms with Crippen LogP contribution >= 0.6 is 0 Å². The van der Waals surface area contributed by atoms with Crippen molar-refractivity contribution < 1.29 is 0 Å². The lowest BCUT2D eigenvalue weighted by Crippen LogP contribution is -2.27. The highest BCUT2D eigenvalue weighted by atomic mass is 15.4. The number of rotatable bonds is 13. The molecule has 9 heterocycles. The first-order chi connectivity index (χ1) is 65.1. The van der Waals surface area contributed by atoms with Gasteiger partial charge in [0.25, 0.3) is 0 Å². The van der Waals surface area contributed by atoms with E-state index in [9.17, 15) is 0 Å². The summed E-state index contributed by atoms with van der Waals surface area (Å²) in [5.41, 5.74) is 17.9. The van der Waals surface area contributed by atoms with E-state index in [1.165, 1.54) is 54.2 Å². The van der Waals surface area contributed by atoms with E-state index in [2.05, 4.69) is 424 Å². The summed E-state index contributed by atoms with van der Waals surface area (Å²) in [6, 6.07) is 130. The SMILES string of the molecule is C1=CCN2C(=C1)N(c1ccccc1)C(c1ncnc(-c3c4ccccc4c(-c4ccccc4)c4ccccc34)n1)=C2c1ccccc1.C1=CCN2C(=C1)N(c1ccccc1)C(c1ncnc(-c3c4ccccc4cc4ccccc34)n1)=C2c1ccccc1.C1=CCN2C(=C1)N(c1ccccc1)C(c1ncnc(-c3cc4ccc5cccc6ccc(c3)c4c56)n1)=C2c1ccccc1. The predicted octanol–water partition coefficient (Wildman–Crippen LogP) is 26.0. The topological polar surface area (TPSA) is 135 Å². The molecular formula is C116H79N15. The van der Waals surface area contributed by atoms with Crippen molar-refractivity contribution in [1.82, 2.24) is 59.6 Å². The van der Waals surface area contributed by atoms with Crippen molar-refractivity contribution in [2.45, 2.75) is 0 Å². The van der Waals surface area contributed by atoms with Gasteiger partial charge in [-0.15, -0.1) is 0 Å². The van der Waals surface area contributed by atoms with Gasteiger partial charge in [0, 0.05) is 70.1 Å². The molecule has 0 saturated carbocycles. The van der Waals surface area contributed by atoms with Crippen molar-refractivity contribution in [2.75, 3.05) is 34.3 Å². The Labute approximate surface area is 756 Å². The molecule has 0 saturated heterocycles. The predicted molar refractivity (Wildman–Crippen MR) is 533 cm³/mol. The van der Waals surface area contributed by atoms with Gasteiger partial charge in [0.05, 0.1) is 17.1 Å². The Morgan fingerprint density at radius 3 is 0.863 bits per heavy atom. The first-order valence-electron chi connectivity index (χ1n) is 44.1. The number of hydrogen-bond acceptors (Lipinski definition) is 15. The number of benzene rings is 17. The molecule has 26 rings (SSSR count). The number of hydrogen-bond donors (Lipinski definition) is 0. The van der Waals surface area contributed by atoms with E-state index in [4.69, 9.17) is 44.9 Å². The maximum Gasteiger partial charge on any atom is 0.182 e. The van der Waals surface area contributed by atoms with Gasteiger partial charge in [0.2, 0.25) is 0 Å². The maximum atomic E-state index is 5.34. The normalized spacial score (nSPS) is 14.5. The molecule has 0 bridgehead atoms. The average Bonchev–Trinajstić information content (AvgIpc) is 1.04. The van der Waals surface area contributed by atoms with Crippen LogP contribution in [0.15, 0.2) is 461 Å². The minimum absolute atomic E-state index is 0.619. The van der Waals surface area contributed by atoms with Crippen molar-refractivity contribution >= 4 is 127 Å². The van der Waals surface area contributed by atoms with Crippen LogP contribution in [0.3, 0.4) is 0 Å². The lowest BCUT2D eigenvalue weighted by molar-refractivity contribution is 0.546. The van der Waals surface area contributed by atoms with Crippen LogP contribution in [0.2, 0.25) is 0 Å². The summed E-state index contributed by atoms with van der Waals surface area (Å²) in [7, 11) is 0. The minimum Gasteiger partial charge on any atom is -0.321 e. The standard InChI is InChI=1S/C42H29N5.C38H25N5.C36H25N5/c1-4-16-29(17-5-1)37-32-22-10-12-24-34(32)38(35-25-13-11-23-33(35)37)41-43-28-44-42(45-41)40-39(30-18-6-2-7-19-30)46-27-15-14-26-36(46)47(40)31-20-8-3-9-21-31;1-3-10-27(11-4-1)35-36(43(31-14-5-2-6-15-31)32-16-7-8-21-42(32)35)38-40-24-39-37(41-38)30-22-28-19-17-25-12-9-13-26-18-20-29(23-30)34(28)33(25)26;1-3-13-25(14-4-1)33-34(41(28-17-5-2-6-18-28)31-21-11-12-22-40(31)33)36-38-24-37-35(39-36)32-29-19-9-7-15-26(29)23-27-16-8-10-20-30(27)32/h1-26,28H,27H2;1-20,22-24H,21H2;1-21,23-24H,22H2. The number of anilines is 3. The highest BCUT2D eigenvalue weighted by Gasteiger charge is 2.42.